The fourth-order valence-electron chi connectivity index (χ4n) is 1.97. The van der Waals surface area contributed by atoms with Gasteiger partial charge in [-0.1, -0.05) is 12.1 Å². The Balaban J connectivity index is 0.00000208. The number of benzene rings is 1. The maximum atomic E-state index is 11.8. The van der Waals surface area contributed by atoms with Crippen LogP contribution in [0.2, 0.25) is 0 Å². The number of carboxylic acid groups (broad SMARTS) is 1. The van der Waals surface area contributed by atoms with Gasteiger partial charge in [-0.05, 0) is 17.7 Å². The third kappa shape index (κ3) is 3.88. The first kappa shape index (κ1) is 17.9. The van der Waals surface area contributed by atoms with Crippen molar-refractivity contribution in [2.45, 2.75) is 6.54 Å². The second kappa shape index (κ2) is 7.39. The summed E-state index contributed by atoms with van der Waals surface area (Å²) >= 11 is 0. The van der Waals surface area contributed by atoms with Gasteiger partial charge in [-0.2, -0.15) is 4.98 Å². The topological polar surface area (TPSA) is 150 Å². The molecule has 0 saturated heterocycles. The molecule has 4 N–H and O–H groups in total. The molecule has 2 heterocycles. The van der Waals surface area contributed by atoms with Crippen LogP contribution < -0.4 is 51.3 Å². The van der Waals surface area contributed by atoms with Gasteiger partial charge in [0.1, 0.15) is 0 Å². The van der Waals surface area contributed by atoms with Gasteiger partial charge in [0.2, 0.25) is 5.95 Å². The number of aromatic carboxylic acids is 1. The van der Waals surface area contributed by atoms with Gasteiger partial charge in [-0.25, -0.2) is 9.97 Å². The van der Waals surface area contributed by atoms with Gasteiger partial charge in [-0.3, -0.25) is 9.78 Å². The van der Waals surface area contributed by atoms with Gasteiger partial charge in [-0.15, -0.1) is 0 Å². The van der Waals surface area contributed by atoms with E-state index in [0.717, 1.165) is 0 Å². The Labute approximate surface area is 157 Å². The van der Waals surface area contributed by atoms with Crippen LogP contribution in [-0.4, -0.2) is 25.9 Å². The van der Waals surface area contributed by atoms with Gasteiger partial charge >= 0.3 is 29.6 Å². The van der Waals surface area contributed by atoms with E-state index in [1.165, 1.54) is 18.3 Å². The number of rotatable bonds is 4. The Hall–Kier alpha value is -2.49. The minimum absolute atomic E-state index is 0. The SMILES string of the molecule is Nc1nc2ncc(CNc3ccc(C(=O)[O-])cc3)nc2c(=O)[nH]1.[Na+]. The van der Waals surface area contributed by atoms with Gasteiger partial charge in [0.05, 0.1) is 24.4 Å². The van der Waals surface area contributed by atoms with Crippen LogP contribution in [0.4, 0.5) is 11.6 Å². The van der Waals surface area contributed by atoms with Crippen LogP contribution in [-0.2, 0) is 6.54 Å². The summed E-state index contributed by atoms with van der Waals surface area (Å²) in [5.41, 5.74) is 6.57. The van der Waals surface area contributed by atoms with E-state index in [4.69, 9.17) is 5.73 Å². The minimum Gasteiger partial charge on any atom is -0.545 e. The van der Waals surface area contributed by atoms with E-state index in [2.05, 4.69) is 25.3 Å². The number of H-pyrrole nitrogens is 1. The van der Waals surface area contributed by atoms with Crippen molar-refractivity contribution in [2.75, 3.05) is 11.1 Å². The van der Waals surface area contributed by atoms with Crippen molar-refractivity contribution in [3.8, 4) is 0 Å². The zero-order chi connectivity index (χ0) is 16.4. The third-order valence-electron chi connectivity index (χ3n) is 3.08. The molecule has 0 unspecified atom stereocenters. The summed E-state index contributed by atoms with van der Waals surface area (Å²) in [6.45, 7) is 0.303. The number of carbonyl (C=O) groups is 1. The number of hydrogen-bond acceptors (Lipinski definition) is 8. The molecule has 3 rings (SSSR count). The van der Waals surface area contributed by atoms with Crippen LogP contribution in [0.1, 0.15) is 16.1 Å². The normalized spacial score (nSPS) is 10.2. The number of nitrogens with two attached hydrogens (primary N) is 1. The molecule has 10 heteroatoms. The molecule has 0 aliphatic heterocycles. The molecule has 0 amide bonds. The molecule has 9 nitrogen and oxygen atoms in total. The van der Waals surface area contributed by atoms with E-state index < -0.39 is 11.5 Å². The van der Waals surface area contributed by atoms with Crippen LogP contribution in [0, 0.1) is 0 Å². The largest absolute Gasteiger partial charge is 1.00 e. The van der Waals surface area contributed by atoms with Gasteiger partial charge in [0.25, 0.3) is 5.56 Å². The maximum absolute atomic E-state index is 11.8. The van der Waals surface area contributed by atoms with Gasteiger partial charge < -0.3 is 21.0 Å². The first-order valence-electron chi connectivity index (χ1n) is 6.59. The molecule has 1 aromatic carbocycles. The predicted octanol–water partition coefficient (Wildman–Crippen LogP) is -3.73. The van der Waals surface area contributed by atoms with E-state index >= 15 is 0 Å². The van der Waals surface area contributed by atoms with Crippen LogP contribution in [0.3, 0.4) is 0 Å². The molecular weight excluding hydrogens is 323 g/mol. The molecular formula is C14H11N6NaO3. The van der Waals surface area contributed by atoms with Crippen LogP contribution in [0.25, 0.3) is 11.2 Å². The van der Waals surface area contributed by atoms with Gasteiger partial charge in [0, 0.05) is 5.69 Å². The maximum Gasteiger partial charge on any atom is 1.00 e. The van der Waals surface area contributed by atoms with E-state index in [1.807, 2.05) is 0 Å². The van der Waals surface area contributed by atoms with Crippen molar-refractivity contribution in [1.82, 2.24) is 19.9 Å². The number of hydrogen-bond donors (Lipinski definition) is 3. The molecule has 116 valence electrons. The second-order valence-corrected chi connectivity index (χ2v) is 4.70. The fourth-order valence-corrected chi connectivity index (χ4v) is 1.97. The van der Waals surface area contributed by atoms with Crippen LogP contribution in [0.15, 0.2) is 35.3 Å². The number of nitrogens with one attached hydrogen (secondary N) is 2. The first-order valence-corrected chi connectivity index (χ1v) is 6.59. The summed E-state index contributed by atoms with van der Waals surface area (Å²) in [5.74, 6) is -1.25. The van der Waals surface area contributed by atoms with Crippen molar-refractivity contribution in [2.24, 2.45) is 0 Å². The molecule has 0 fully saturated rings. The van der Waals surface area contributed by atoms with E-state index in [9.17, 15) is 14.7 Å². The number of anilines is 2. The van der Waals surface area contributed by atoms with Crippen LogP contribution in [0.5, 0.6) is 0 Å². The molecule has 0 aliphatic carbocycles. The molecule has 0 atom stereocenters. The first-order chi connectivity index (χ1) is 11.0. The summed E-state index contributed by atoms with van der Waals surface area (Å²) in [7, 11) is 0. The summed E-state index contributed by atoms with van der Waals surface area (Å²) in [6.07, 6.45) is 1.48. The third-order valence-corrected chi connectivity index (χ3v) is 3.08. The minimum atomic E-state index is -1.23. The zero-order valence-corrected chi connectivity index (χ0v) is 14.7. The number of carboxylic acids is 1. The smallest absolute Gasteiger partial charge is 0.545 e. The van der Waals surface area contributed by atoms with Gasteiger partial charge in [0.15, 0.2) is 11.2 Å². The van der Waals surface area contributed by atoms with E-state index in [-0.39, 0.29) is 52.2 Å². The molecule has 0 aliphatic rings. The number of carbonyl (C=O) groups excluding carboxylic acids is 1. The van der Waals surface area contributed by atoms with Crippen molar-refractivity contribution in [3.05, 3.63) is 52.1 Å². The number of aromatic nitrogens is 4. The van der Waals surface area contributed by atoms with Crippen LogP contribution >= 0.6 is 0 Å². The number of nitrogens with zero attached hydrogens (tertiary/aromatic N) is 3. The summed E-state index contributed by atoms with van der Waals surface area (Å²) in [4.78, 5) is 36.9. The fraction of sp³-hybridized carbons (Fsp3) is 0.0714. The Morgan fingerprint density at radius 2 is 1.96 bits per heavy atom. The van der Waals surface area contributed by atoms with E-state index in [1.54, 1.807) is 12.1 Å². The Bertz CT molecular complexity index is 941. The molecule has 3 aromatic rings. The standard InChI is InChI=1S/C14H12N6O3.Na/c15-14-19-11-10(12(21)20-14)18-9(6-17-11)5-16-8-3-1-7(2-4-8)13(22)23;/h1-4,6,16H,5H2,(H,22,23)(H3,15,17,19,20,21);/q;+1/p-1. The molecule has 2 aromatic heterocycles. The molecule has 0 bridgehead atoms. The quantitative estimate of drug-likeness (QED) is 0.412. The number of fused-ring (bicyclic) bond motifs is 1. The molecule has 0 saturated carbocycles. The molecule has 0 spiro atoms. The molecule has 24 heavy (non-hydrogen) atoms. The monoisotopic (exact) mass is 334 g/mol. The predicted molar refractivity (Wildman–Crippen MR) is 80.5 cm³/mol. The number of aromatic amines is 1. The second-order valence-electron chi connectivity index (χ2n) is 4.70. The average Bonchev–Trinajstić information content (AvgIpc) is 2.53. The zero-order valence-electron chi connectivity index (χ0n) is 12.7. The number of nitrogen functional groups attached to an aromatic ring is 1. The van der Waals surface area contributed by atoms with Crippen molar-refractivity contribution in [1.29, 1.82) is 0 Å². The Morgan fingerprint density at radius 1 is 1.25 bits per heavy atom. The Kier molecular flexibility index (Phi) is 5.50. The van der Waals surface area contributed by atoms with E-state index in [0.29, 0.717) is 17.9 Å². The van der Waals surface area contributed by atoms with Crippen molar-refractivity contribution in [3.63, 3.8) is 0 Å². The summed E-state index contributed by atoms with van der Waals surface area (Å²) in [5, 5.41) is 13.7. The van der Waals surface area contributed by atoms with Crippen molar-refractivity contribution >= 4 is 28.8 Å². The summed E-state index contributed by atoms with van der Waals surface area (Å²) < 4.78 is 0. The van der Waals surface area contributed by atoms with Crippen molar-refractivity contribution < 1.29 is 39.5 Å². The average molecular weight is 334 g/mol. The Morgan fingerprint density at radius 3 is 2.62 bits per heavy atom. The summed E-state index contributed by atoms with van der Waals surface area (Å²) in [6, 6.07) is 6.08. The molecule has 0 radical (unpaired) electrons.